The van der Waals surface area contributed by atoms with Crippen LogP contribution in [0, 0.1) is 27.7 Å². The Hall–Kier alpha value is -1.25. The van der Waals surface area contributed by atoms with Crippen molar-refractivity contribution in [1.82, 2.24) is 0 Å². The Morgan fingerprint density at radius 1 is 0.615 bits per heavy atom. The summed E-state index contributed by atoms with van der Waals surface area (Å²) in [5.41, 5.74) is 5.62. The fraction of sp³-hybridized carbons (Fsp3) is 0.250. The summed E-state index contributed by atoms with van der Waals surface area (Å²) in [6.45, 7) is 13.0. The van der Waals surface area contributed by atoms with Gasteiger partial charge in [0.05, 0.1) is 0 Å². The minimum absolute atomic E-state index is 0. The first-order valence-corrected chi connectivity index (χ1v) is 10.8. The van der Waals surface area contributed by atoms with Gasteiger partial charge in [0, 0.05) is 35.4 Å². The Morgan fingerprint density at radius 2 is 0.923 bits per heavy atom. The second-order valence-corrected chi connectivity index (χ2v) is 7.58. The van der Waals surface area contributed by atoms with E-state index in [0.717, 1.165) is 9.52 Å². The van der Waals surface area contributed by atoms with E-state index >= 15 is 0 Å². The van der Waals surface area contributed by atoms with Gasteiger partial charge >= 0.3 is 0 Å². The second-order valence-electron chi connectivity index (χ2n) is 6.58. The molecule has 0 fully saturated rings. The van der Waals surface area contributed by atoms with Crippen LogP contribution in [0.25, 0.3) is 21.5 Å². The second kappa shape index (κ2) is 10.8. The summed E-state index contributed by atoms with van der Waals surface area (Å²) < 4.78 is 0. The molecule has 0 spiro atoms. The molecule has 0 aromatic heterocycles. The van der Waals surface area contributed by atoms with E-state index in [4.69, 9.17) is 0 Å². The maximum atomic E-state index is 2.24. The van der Waals surface area contributed by atoms with Crippen LogP contribution in [0.15, 0.2) is 60.7 Å². The molecule has 0 aliphatic heterocycles. The van der Waals surface area contributed by atoms with Crippen LogP contribution in [-0.2, 0) is 25.8 Å². The van der Waals surface area contributed by atoms with Gasteiger partial charge in [-0.15, -0.1) is 81.2 Å². The first-order chi connectivity index (χ1) is 12.0. The fourth-order valence-corrected chi connectivity index (χ4v) is 3.04. The smallest absolute Gasteiger partial charge is 0.0307 e. The molecule has 0 amide bonds. The van der Waals surface area contributed by atoms with Gasteiger partial charge < -0.3 is 0 Å². The summed E-state index contributed by atoms with van der Waals surface area (Å²) in [6, 6.07) is 21.5. The van der Waals surface area contributed by atoms with Gasteiger partial charge in [0.25, 0.3) is 0 Å². The van der Waals surface area contributed by atoms with E-state index in [9.17, 15) is 0 Å². The minimum Gasteiger partial charge on any atom is -0.154 e. The van der Waals surface area contributed by atoms with Crippen molar-refractivity contribution in [2.45, 2.75) is 40.8 Å². The van der Waals surface area contributed by atoms with Crippen LogP contribution in [0.4, 0.5) is 0 Å². The summed E-state index contributed by atoms with van der Waals surface area (Å²) in [5, 5.41) is 5.51. The molecule has 0 aliphatic carbocycles. The van der Waals surface area contributed by atoms with Gasteiger partial charge in [-0.05, 0) is 0 Å². The summed E-state index contributed by atoms with van der Waals surface area (Å²) in [4.78, 5) is 0. The summed E-state index contributed by atoms with van der Waals surface area (Å²) >= 11 is 0. The molecule has 0 bridgehead atoms. The van der Waals surface area contributed by atoms with Crippen LogP contribution in [-0.4, -0.2) is 9.52 Å². The maximum absolute atomic E-state index is 2.24. The summed E-state index contributed by atoms with van der Waals surface area (Å²) in [7, 11) is 1.08. The number of fused-ring (bicyclic) bond motifs is 2. The van der Waals surface area contributed by atoms with Gasteiger partial charge in [0.1, 0.15) is 0 Å². The zero-order chi connectivity index (χ0) is 18.4. The van der Waals surface area contributed by atoms with Crippen molar-refractivity contribution < 1.29 is 25.8 Å². The molecular formula is C24H28HfSi-2. The number of aryl methyl sites for hydroxylation is 4. The molecule has 2 heteroatoms. The Kier molecular flexibility index (Phi) is 9.46. The third-order valence-corrected chi connectivity index (χ3v) is 4.66. The van der Waals surface area contributed by atoms with E-state index in [2.05, 4.69) is 101 Å². The van der Waals surface area contributed by atoms with E-state index in [1.807, 2.05) is 0 Å². The molecule has 0 nitrogen and oxygen atoms in total. The van der Waals surface area contributed by atoms with Crippen molar-refractivity contribution in [2.24, 2.45) is 0 Å². The van der Waals surface area contributed by atoms with Gasteiger partial charge in [0.15, 0.2) is 0 Å². The molecule has 0 unspecified atom stereocenters. The first-order valence-electron chi connectivity index (χ1n) is 8.81. The molecule has 4 aromatic carbocycles. The number of hydrogen-bond acceptors (Lipinski definition) is 0. The van der Waals surface area contributed by atoms with Crippen molar-refractivity contribution in [3.63, 3.8) is 0 Å². The zero-order valence-corrected chi connectivity index (χ0v) is 21.4. The molecule has 0 saturated heterocycles. The number of benzene rings is 2. The molecular weight excluding hydrogens is 495 g/mol. The number of rotatable bonds is 0. The Balaban J connectivity index is 0.000000219. The van der Waals surface area contributed by atoms with Crippen LogP contribution in [0.1, 0.15) is 22.3 Å². The van der Waals surface area contributed by atoms with Gasteiger partial charge in [-0.3, -0.25) is 0 Å². The van der Waals surface area contributed by atoms with E-state index in [-0.39, 0.29) is 25.8 Å². The normalized spacial score (nSPS) is 9.77. The van der Waals surface area contributed by atoms with Crippen molar-refractivity contribution >= 4 is 31.1 Å². The topological polar surface area (TPSA) is 0 Å². The molecule has 0 aliphatic rings. The van der Waals surface area contributed by atoms with Crippen LogP contribution < -0.4 is 0 Å². The fourth-order valence-electron chi connectivity index (χ4n) is 3.04. The molecule has 0 atom stereocenters. The van der Waals surface area contributed by atoms with E-state index in [1.165, 1.54) is 43.8 Å². The summed E-state index contributed by atoms with van der Waals surface area (Å²) in [5.74, 6) is 0. The van der Waals surface area contributed by atoms with Crippen LogP contribution in [0.3, 0.4) is 0 Å². The largest absolute Gasteiger partial charge is 0.154 e. The zero-order valence-electron chi connectivity index (χ0n) is 16.8. The molecule has 134 valence electrons. The third-order valence-electron chi connectivity index (χ3n) is 4.66. The Labute approximate surface area is 180 Å². The van der Waals surface area contributed by atoms with Crippen molar-refractivity contribution in [1.29, 1.82) is 0 Å². The van der Waals surface area contributed by atoms with E-state index in [1.54, 1.807) is 0 Å². The van der Waals surface area contributed by atoms with Gasteiger partial charge in [-0.1, -0.05) is 52.9 Å². The van der Waals surface area contributed by atoms with E-state index in [0.29, 0.717) is 0 Å². The first kappa shape index (κ1) is 22.8. The van der Waals surface area contributed by atoms with Gasteiger partial charge in [0.2, 0.25) is 0 Å². The predicted octanol–water partition coefficient (Wildman–Crippen LogP) is 7.14. The third kappa shape index (κ3) is 5.37. The minimum atomic E-state index is 0. The maximum Gasteiger partial charge on any atom is 0.0307 e. The number of hydrogen-bond donors (Lipinski definition) is 0. The van der Waals surface area contributed by atoms with Crippen molar-refractivity contribution in [3.05, 3.63) is 82.9 Å². The average molecular weight is 523 g/mol. The average Bonchev–Trinajstić information content (AvgIpc) is 3.06. The van der Waals surface area contributed by atoms with Gasteiger partial charge in [-0.25, -0.2) is 0 Å². The molecule has 4 rings (SSSR count). The van der Waals surface area contributed by atoms with Crippen LogP contribution in [0.2, 0.25) is 13.1 Å². The predicted molar refractivity (Wildman–Crippen MR) is 116 cm³/mol. The Morgan fingerprint density at radius 3 is 1.23 bits per heavy atom. The molecule has 0 saturated carbocycles. The standard InChI is InChI=1S/2C11H11.C2H6Si.Hf/c2*1-8-7-10-5-3-4-6-11(10)9(8)2;1-3-2;/h2*3-7H,1-2H3;1-2H3;/q2*-1;;. The monoisotopic (exact) mass is 524 g/mol. The van der Waals surface area contributed by atoms with Crippen molar-refractivity contribution in [2.75, 3.05) is 0 Å². The molecule has 2 radical (unpaired) electrons. The SMILES string of the molecule is C[Si]C.Cc1[cH-]c2ccccc2c1C.Cc1[cH-]c2ccccc2c1C.[Hf]. The molecule has 0 N–H and O–H groups in total. The Bertz CT molecular complexity index is 865. The quantitative estimate of drug-likeness (QED) is 0.170. The van der Waals surface area contributed by atoms with Gasteiger partial charge in [-0.2, -0.15) is 11.1 Å². The molecule has 26 heavy (non-hydrogen) atoms. The van der Waals surface area contributed by atoms with Crippen molar-refractivity contribution in [3.8, 4) is 0 Å². The molecule has 4 aromatic rings. The summed E-state index contributed by atoms with van der Waals surface area (Å²) in [6.07, 6.45) is 0. The van der Waals surface area contributed by atoms with E-state index < -0.39 is 0 Å². The molecule has 0 heterocycles. The van der Waals surface area contributed by atoms with Crippen LogP contribution in [0.5, 0.6) is 0 Å². The van der Waals surface area contributed by atoms with Crippen LogP contribution >= 0.6 is 0 Å².